The zero-order valence-corrected chi connectivity index (χ0v) is 16.7. The van der Waals surface area contributed by atoms with Crippen molar-refractivity contribution >= 4 is 0 Å². The molecule has 0 aromatic heterocycles. The van der Waals surface area contributed by atoms with Crippen LogP contribution in [0.4, 0.5) is 0 Å². The second kappa shape index (κ2) is 9.43. The molecule has 0 saturated heterocycles. The molecule has 3 rings (SSSR count). The van der Waals surface area contributed by atoms with Crippen molar-refractivity contribution in [2.24, 2.45) is 5.73 Å². The molecule has 0 spiro atoms. The molecule has 3 nitrogen and oxygen atoms in total. The first-order chi connectivity index (χ1) is 13.6. The first kappa shape index (κ1) is 20.0. The third-order valence-electron chi connectivity index (χ3n) is 5.02. The van der Waals surface area contributed by atoms with E-state index in [1.165, 1.54) is 16.7 Å². The summed E-state index contributed by atoms with van der Waals surface area (Å²) in [5.41, 5.74) is 9.32. The van der Waals surface area contributed by atoms with Crippen molar-refractivity contribution in [3.05, 3.63) is 95.6 Å². The monoisotopic (exact) mass is 375 g/mol. The van der Waals surface area contributed by atoms with Gasteiger partial charge in [0.25, 0.3) is 0 Å². The molecule has 0 heterocycles. The van der Waals surface area contributed by atoms with Gasteiger partial charge in [-0.15, -0.1) is 0 Å². The van der Waals surface area contributed by atoms with Crippen molar-refractivity contribution in [1.29, 1.82) is 0 Å². The Hall–Kier alpha value is -2.78. The second-order valence-corrected chi connectivity index (χ2v) is 7.40. The molecule has 0 radical (unpaired) electrons. The van der Waals surface area contributed by atoms with E-state index in [1.807, 2.05) is 36.4 Å². The molecule has 0 bridgehead atoms. The highest BCUT2D eigenvalue weighted by Gasteiger charge is 2.22. The zero-order valence-electron chi connectivity index (χ0n) is 16.7. The summed E-state index contributed by atoms with van der Waals surface area (Å²) in [6.07, 6.45) is 0.860. The molecule has 0 amide bonds. The van der Waals surface area contributed by atoms with Gasteiger partial charge in [0, 0.05) is 5.41 Å². The van der Waals surface area contributed by atoms with Crippen molar-refractivity contribution in [3.8, 4) is 11.5 Å². The molecule has 28 heavy (non-hydrogen) atoms. The molecule has 0 unspecified atom stereocenters. The van der Waals surface area contributed by atoms with Crippen LogP contribution in [-0.4, -0.2) is 19.8 Å². The van der Waals surface area contributed by atoms with E-state index in [-0.39, 0.29) is 5.41 Å². The molecule has 0 aliphatic rings. The lowest BCUT2D eigenvalue weighted by atomic mass is 9.78. The molecule has 3 aromatic rings. The molecule has 0 fully saturated rings. The van der Waals surface area contributed by atoms with Gasteiger partial charge in [0.15, 0.2) is 0 Å². The number of hydrogen-bond donors (Lipinski definition) is 1. The van der Waals surface area contributed by atoms with E-state index in [1.54, 1.807) is 0 Å². The molecule has 0 saturated carbocycles. The maximum atomic E-state index is 5.83. The SMILES string of the molecule is CC(C)(c1ccccc1)c1ccc(OCCOc2cccc(CCN)c2)cc1. The molecule has 2 N–H and O–H groups in total. The summed E-state index contributed by atoms with van der Waals surface area (Å²) in [5.74, 6) is 1.71. The Morgan fingerprint density at radius 2 is 1.36 bits per heavy atom. The van der Waals surface area contributed by atoms with E-state index < -0.39 is 0 Å². The zero-order chi connectivity index (χ0) is 19.8. The van der Waals surface area contributed by atoms with Gasteiger partial charge in [-0.05, 0) is 53.9 Å². The minimum atomic E-state index is -0.0442. The van der Waals surface area contributed by atoms with Crippen molar-refractivity contribution in [3.63, 3.8) is 0 Å². The van der Waals surface area contributed by atoms with Gasteiger partial charge in [0.05, 0.1) is 0 Å². The highest BCUT2D eigenvalue weighted by atomic mass is 16.5. The molecule has 0 aliphatic carbocycles. The van der Waals surface area contributed by atoms with E-state index in [4.69, 9.17) is 15.2 Å². The van der Waals surface area contributed by atoms with Crippen molar-refractivity contribution in [2.45, 2.75) is 25.7 Å². The lowest BCUT2D eigenvalue weighted by molar-refractivity contribution is 0.217. The molecule has 0 aliphatic heterocycles. The predicted molar refractivity (Wildman–Crippen MR) is 115 cm³/mol. The molecular formula is C25H29NO2. The molecule has 146 valence electrons. The highest BCUT2D eigenvalue weighted by molar-refractivity contribution is 5.39. The fourth-order valence-electron chi connectivity index (χ4n) is 3.27. The summed E-state index contributed by atoms with van der Waals surface area (Å²) < 4.78 is 11.6. The van der Waals surface area contributed by atoms with Crippen LogP contribution < -0.4 is 15.2 Å². The average Bonchev–Trinajstić information content (AvgIpc) is 2.73. The number of hydrogen-bond acceptors (Lipinski definition) is 3. The van der Waals surface area contributed by atoms with E-state index >= 15 is 0 Å². The standard InChI is InChI=1S/C25H29NO2/c1-25(2,21-8-4-3-5-9-21)22-11-13-23(14-12-22)27-17-18-28-24-10-6-7-20(19-24)15-16-26/h3-14,19H,15-18,26H2,1-2H3. The summed E-state index contributed by atoms with van der Waals surface area (Å²) >= 11 is 0. The minimum Gasteiger partial charge on any atom is -0.490 e. The summed E-state index contributed by atoms with van der Waals surface area (Å²) in [6.45, 7) is 6.13. The van der Waals surface area contributed by atoms with E-state index in [9.17, 15) is 0 Å². The Morgan fingerprint density at radius 1 is 0.714 bits per heavy atom. The van der Waals surface area contributed by atoms with E-state index in [0.717, 1.165) is 17.9 Å². The van der Waals surface area contributed by atoms with Crippen LogP contribution in [0.25, 0.3) is 0 Å². The van der Waals surface area contributed by atoms with Crippen molar-refractivity contribution in [2.75, 3.05) is 19.8 Å². The molecule has 3 aromatic carbocycles. The predicted octanol–water partition coefficient (Wildman–Crippen LogP) is 4.97. The third kappa shape index (κ3) is 5.14. The maximum absolute atomic E-state index is 5.83. The van der Waals surface area contributed by atoms with Crippen LogP contribution in [0.2, 0.25) is 0 Å². The molecule has 3 heteroatoms. The van der Waals surface area contributed by atoms with Gasteiger partial charge in [-0.1, -0.05) is 68.4 Å². The van der Waals surface area contributed by atoms with Crippen molar-refractivity contribution in [1.82, 2.24) is 0 Å². The smallest absolute Gasteiger partial charge is 0.122 e. The maximum Gasteiger partial charge on any atom is 0.122 e. The second-order valence-electron chi connectivity index (χ2n) is 7.40. The van der Waals surface area contributed by atoms with Crippen LogP contribution in [0, 0.1) is 0 Å². The lowest BCUT2D eigenvalue weighted by Crippen LogP contribution is -2.18. The number of rotatable bonds is 9. The first-order valence-corrected chi connectivity index (χ1v) is 9.80. The summed E-state index contributed by atoms with van der Waals surface area (Å²) in [5, 5.41) is 0. The largest absolute Gasteiger partial charge is 0.490 e. The molecular weight excluding hydrogens is 346 g/mol. The summed E-state index contributed by atoms with van der Waals surface area (Å²) in [4.78, 5) is 0. The van der Waals surface area contributed by atoms with Gasteiger partial charge in [-0.3, -0.25) is 0 Å². The van der Waals surface area contributed by atoms with Gasteiger partial charge in [-0.25, -0.2) is 0 Å². The van der Waals surface area contributed by atoms with Crippen LogP contribution in [0.15, 0.2) is 78.9 Å². The lowest BCUT2D eigenvalue weighted by Gasteiger charge is -2.26. The first-order valence-electron chi connectivity index (χ1n) is 9.80. The topological polar surface area (TPSA) is 44.5 Å². The average molecular weight is 376 g/mol. The van der Waals surface area contributed by atoms with Crippen LogP contribution in [0.3, 0.4) is 0 Å². The van der Waals surface area contributed by atoms with Crippen LogP contribution >= 0.6 is 0 Å². The summed E-state index contributed by atoms with van der Waals surface area (Å²) in [6, 6.07) is 26.9. The van der Waals surface area contributed by atoms with Gasteiger partial charge in [0.1, 0.15) is 24.7 Å². The quantitative estimate of drug-likeness (QED) is 0.537. The Balaban J connectivity index is 1.52. The van der Waals surface area contributed by atoms with Crippen LogP contribution in [-0.2, 0) is 11.8 Å². The Labute approximate surface area is 168 Å². The molecule has 0 atom stereocenters. The Kier molecular flexibility index (Phi) is 6.72. The summed E-state index contributed by atoms with van der Waals surface area (Å²) in [7, 11) is 0. The Bertz CT molecular complexity index is 857. The fourth-order valence-corrected chi connectivity index (χ4v) is 3.27. The van der Waals surface area contributed by atoms with Gasteiger partial charge in [-0.2, -0.15) is 0 Å². The van der Waals surface area contributed by atoms with Crippen LogP contribution in [0.5, 0.6) is 11.5 Å². The van der Waals surface area contributed by atoms with Gasteiger partial charge in [0.2, 0.25) is 0 Å². The van der Waals surface area contributed by atoms with Gasteiger partial charge >= 0.3 is 0 Å². The van der Waals surface area contributed by atoms with Crippen molar-refractivity contribution < 1.29 is 9.47 Å². The third-order valence-corrected chi connectivity index (χ3v) is 5.02. The number of ether oxygens (including phenoxy) is 2. The fraction of sp³-hybridized carbons (Fsp3) is 0.280. The normalized spacial score (nSPS) is 11.2. The Morgan fingerprint density at radius 3 is 2.04 bits per heavy atom. The highest BCUT2D eigenvalue weighted by Crippen LogP contribution is 2.32. The van der Waals surface area contributed by atoms with E-state index in [2.05, 4.69) is 56.3 Å². The van der Waals surface area contributed by atoms with E-state index in [0.29, 0.717) is 19.8 Å². The number of nitrogens with two attached hydrogens (primary N) is 1. The van der Waals surface area contributed by atoms with Crippen LogP contribution in [0.1, 0.15) is 30.5 Å². The van der Waals surface area contributed by atoms with Gasteiger partial charge < -0.3 is 15.2 Å². The number of benzene rings is 3. The minimum absolute atomic E-state index is 0.0442.